The first kappa shape index (κ1) is 10.4. The average molecular weight is 207 g/mol. The van der Waals surface area contributed by atoms with Gasteiger partial charge in [0, 0.05) is 10.9 Å². The second kappa shape index (κ2) is 5.14. The fourth-order valence-corrected chi connectivity index (χ4v) is 2.62. The van der Waals surface area contributed by atoms with Crippen LogP contribution in [0.2, 0.25) is 0 Å². The summed E-state index contributed by atoms with van der Waals surface area (Å²) in [7, 11) is 0. The Labute approximate surface area is 84.9 Å². The van der Waals surface area contributed by atoms with Crippen LogP contribution in [0.1, 0.15) is 32.1 Å². The fraction of sp³-hybridized carbons (Fsp3) is 0.800. The zero-order valence-corrected chi connectivity index (χ0v) is 8.87. The summed E-state index contributed by atoms with van der Waals surface area (Å²) >= 11 is 11.7. The van der Waals surface area contributed by atoms with Crippen molar-refractivity contribution in [3.63, 3.8) is 0 Å². The molecule has 0 heterocycles. The van der Waals surface area contributed by atoms with E-state index in [0.29, 0.717) is 5.92 Å². The molecule has 1 unspecified atom stereocenters. The molecule has 1 atom stereocenters. The van der Waals surface area contributed by atoms with Gasteiger partial charge in [-0.2, -0.15) is 0 Å². The van der Waals surface area contributed by atoms with Crippen LogP contribution in [0.5, 0.6) is 0 Å². The standard InChI is InChI=1S/C10H16Cl2/c1-8(12)6-10(7-11)9-4-2-3-5-9/h9-10H,1-7H2. The van der Waals surface area contributed by atoms with E-state index < -0.39 is 0 Å². The first-order valence-corrected chi connectivity index (χ1v) is 5.54. The summed E-state index contributed by atoms with van der Waals surface area (Å²) in [6.45, 7) is 3.72. The van der Waals surface area contributed by atoms with Crippen molar-refractivity contribution in [2.45, 2.75) is 32.1 Å². The number of halogens is 2. The largest absolute Gasteiger partial charge is 0.126 e. The SMILES string of the molecule is C=C(Cl)CC(CCl)C1CCCC1. The third-order valence-corrected chi connectivity index (χ3v) is 3.30. The van der Waals surface area contributed by atoms with Crippen molar-refractivity contribution < 1.29 is 0 Å². The first-order valence-electron chi connectivity index (χ1n) is 4.63. The summed E-state index contributed by atoms with van der Waals surface area (Å²) in [4.78, 5) is 0. The summed E-state index contributed by atoms with van der Waals surface area (Å²) in [5, 5.41) is 0.757. The molecule has 0 N–H and O–H groups in total. The van der Waals surface area contributed by atoms with E-state index in [4.69, 9.17) is 23.2 Å². The van der Waals surface area contributed by atoms with Gasteiger partial charge in [0.25, 0.3) is 0 Å². The van der Waals surface area contributed by atoms with E-state index >= 15 is 0 Å². The van der Waals surface area contributed by atoms with Crippen LogP contribution in [0.25, 0.3) is 0 Å². The third kappa shape index (κ3) is 2.99. The lowest BCUT2D eigenvalue weighted by Gasteiger charge is -2.19. The van der Waals surface area contributed by atoms with Crippen LogP contribution in [0.3, 0.4) is 0 Å². The van der Waals surface area contributed by atoms with Crippen molar-refractivity contribution in [3.8, 4) is 0 Å². The van der Waals surface area contributed by atoms with Gasteiger partial charge in [-0.05, 0) is 18.3 Å². The lowest BCUT2D eigenvalue weighted by atomic mass is 9.90. The molecule has 0 aliphatic heterocycles. The van der Waals surface area contributed by atoms with Gasteiger partial charge in [-0.25, -0.2) is 0 Å². The molecule has 0 aromatic rings. The summed E-state index contributed by atoms with van der Waals surface area (Å²) in [5.41, 5.74) is 0. The molecule has 12 heavy (non-hydrogen) atoms. The van der Waals surface area contributed by atoms with Gasteiger partial charge in [0.15, 0.2) is 0 Å². The van der Waals surface area contributed by atoms with Crippen molar-refractivity contribution in [1.82, 2.24) is 0 Å². The number of hydrogen-bond donors (Lipinski definition) is 0. The lowest BCUT2D eigenvalue weighted by Crippen LogP contribution is -2.13. The fourth-order valence-electron chi connectivity index (χ4n) is 2.06. The molecular weight excluding hydrogens is 191 g/mol. The van der Waals surface area contributed by atoms with Gasteiger partial charge in [-0.15, -0.1) is 11.6 Å². The summed E-state index contributed by atoms with van der Waals surface area (Å²) in [6.07, 6.45) is 6.30. The zero-order chi connectivity index (χ0) is 8.97. The van der Waals surface area contributed by atoms with E-state index in [1.807, 2.05) is 0 Å². The Kier molecular flexibility index (Phi) is 4.45. The van der Waals surface area contributed by atoms with E-state index in [1.54, 1.807) is 0 Å². The topological polar surface area (TPSA) is 0 Å². The quantitative estimate of drug-likeness (QED) is 0.607. The predicted molar refractivity (Wildman–Crippen MR) is 55.8 cm³/mol. The number of hydrogen-bond acceptors (Lipinski definition) is 0. The van der Waals surface area contributed by atoms with Gasteiger partial charge in [0.2, 0.25) is 0 Å². The van der Waals surface area contributed by atoms with Gasteiger partial charge in [-0.1, -0.05) is 43.9 Å². The number of rotatable bonds is 4. The van der Waals surface area contributed by atoms with E-state index in [2.05, 4.69) is 6.58 Å². The lowest BCUT2D eigenvalue weighted by molar-refractivity contribution is 0.372. The van der Waals surface area contributed by atoms with Crippen molar-refractivity contribution in [1.29, 1.82) is 0 Å². The molecule has 70 valence electrons. The second-order valence-corrected chi connectivity index (χ2v) is 4.52. The molecule has 0 aromatic carbocycles. The van der Waals surface area contributed by atoms with Gasteiger partial charge in [0.1, 0.15) is 0 Å². The minimum absolute atomic E-state index is 0.569. The van der Waals surface area contributed by atoms with Crippen LogP contribution in [-0.4, -0.2) is 5.88 Å². The number of alkyl halides is 1. The van der Waals surface area contributed by atoms with Crippen molar-refractivity contribution in [3.05, 3.63) is 11.6 Å². The maximum absolute atomic E-state index is 5.89. The van der Waals surface area contributed by atoms with E-state index in [-0.39, 0.29) is 0 Å². The van der Waals surface area contributed by atoms with E-state index in [1.165, 1.54) is 25.7 Å². The van der Waals surface area contributed by atoms with Crippen LogP contribution in [-0.2, 0) is 0 Å². The third-order valence-electron chi connectivity index (χ3n) is 2.75. The maximum atomic E-state index is 5.89. The van der Waals surface area contributed by atoms with Gasteiger partial charge < -0.3 is 0 Å². The second-order valence-electron chi connectivity index (χ2n) is 3.68. The molecular formula is C10H16Cl2. The highest BCUT2D eigenvalue weighted by Crippen LogP contribution is 2.35. The van der Waals surface area contributed by atoms with E-state index in [9.17, 15) is 0 Å². The highest BCUT2D eigenvalue weighted by atomic mass is 35.5. The summed E-state index contributed by atoms with van der Waals surface area (Å²) < 4.78 is 0. The van der Waals surface area contributed by atoms with Gasteiger partial charge >= 0.3 is 0 Å². The Morgan fingerprint density at radius 1 is 1.42 bits per heavy atom. The molecule has 2 heteroatoms. The number of allylic oxidation sites excluding steroid dienone is 1. The average Bonchev–Trinajstić information content (AvgIpc) is 2.51. The molecule has 0 bridgehead atoms. The summed E-state index contributed by atoms with van der Waals surface area (Å²) in [5.74, 6) is 2.10. The van der Waals surface area contributed by atoms with E-state index in [0.717, 1.165) is 23.3 Å². The Morgan fingerprint density at radius 2 is 2.00 bits per heavy atom. The van der Waals surface area contributed by atoms with Crippen LogP contribution >= 0.6 is 23.2 Å². The monoisotopic (exact) mass is 206 g/mol. The predicted octanol–water partition coefficient (Wildman–Crippen LogP) is 4.17. The highest BCUT2D eigenvalue weighted by molar-refractivity contribution is 6.29. The molecule has 0 spiro atoms. The Bertz CT molecular complexity index is 148. The molecule has 1 aliphatic carbocycles. The summed E-state index contributed by atoms with van der Waals surface area (Å²) in [6, 6.07) is 0. The molecule has 1 aliphatic rings. The molecule has 0 aromatic heterocycles. The van der Waals surface area contributed by atoms with Crippen molar-refractivity contribution in [2.24, 2.45) is 11.8 Å². The molecule has 0 saturated heterocycles. The minimum atomic E-state index is 0.569. The van der Waals surface area contributed by atoms with Crippen LogP contribution in [0.4, 0.5) is 0 Å². The zero-order valence-electron chi connectivity index (χ0n) is 7.36. The Hall–Kier alpha value is 0.320. The smallest absolute Gasteiger partial charge is 0.0257 e. The van der Waals surface area contributed by atoms with Crippen LogP contribution in [0.15, 0.2) is 11.6 Å². The molecule has 0 radical (unpaired) electrons. The first-order chi connectivity index (χ1) is 5.74. The molecule has 0 nitrogen and oxygen atoms in total. The van der Waals surface area contributed by atoms with Gasteiger partial charge in [0.05, 0.1) is 0 Å². The Morgan fingerprint density at radius 3 is 2.42 bits per heavy atom. The molecule has 0 amide bonds. The molecule has 1 rings (SSSR count). The minimum Gasteiger partial charge on any atom is -0.126 e. The van der Waals surface area contributed by atoms with Crippen molar-refractivity contribution in [2.75, 3.05) is 5.88 Å². The normalized spacial score (nSPS) is 21.2. The maximum Gasteiger partial charge on any atom is 0.0257 e. The van der Waals surface area contributed by atoms with Crippen LogP contribution < -0.4 is 0 Å². The molecule has 1 saturated carbocycles. The Balaban J connectivity index is 2.37. The van der Waals surface area contributed by atoms with Crippen LogP contribution in [0, 0.1) is 11.8 Å². The van der Waals surface area contributed by atoms with Crippen molar-refractivity contribution >= 4 is 23.2 Å². The highest BCUT2D eigenvalue weighted by Gasteiger charge is 2.24. The molecule has 1 fully saturated rings. The van der Waals surface area contributed by atoms with Gasteiger partial charge in [-0.3, -0.25) is 0 Å².